The predicted molar refractivity (Wildman–Crippen MR) is 125 cm³/mol. The van der Waals surface area contributed by atoms with Gasteiger partial charge in [0, 0.05) is 57.7 Å². The summed E-state index contributed by atoms with van der Waals surface area (Å²) in [5.41, 5.74) is -0.454. The van der Waals surface area contributed by atoms with Crippen LogP contribution in [0, 0.1) is 5.92 Å². The molecule has 2 saturated heterocycles. The SMILES string of the molecule is CCN(CC1CCN(C(=NC)NCC2(SC)CCOCC2)CC1)C(=O)OC(C)(C)C. The first-order valence-corrected chi connectivity index (χ1v) is 12.5. The molecule has 7 nitrogen and oxygen atoms in total. The Morgan fingerprint density at radius 2 is 1.93 bits per heavy atom. The van der Waals surface area contributed by atoms with Crippen LogP contribution in [0.15, 0.2) is 4.99 Å². The summed E-state index contributed by atoms with van der Waals surface area (Å²) >= 11 is 1.94. The molecule has 2 fully saturated rings. The second kappa shape index (κ2) is 11.5. The average Bonchev–Trinajstić information content (AvgIpc) is 2.72. The van der Waals surface area contributed by atoms with Crippen LogP contribution in [0.5, 0.6) is 0 Å². The number of carbonyl (C=O) groups excluding carboxylic acids is 1. The summed E-state index contributed by atoms with van der Waals surface area (Å²) in [6.45, 7) is 13.7. The van der Waals surface area contributed by atoms with Gasteiger partial charge in [0.15, 0.2) is 5.96 Å². The van der Waals surface area contributed by atoms with Crippen molar-refractivity contribution < 1.29 is 14.3 Å². The summed E-state index contributed by atoms with van der Waals surface area (Å²) < 4.78 is 11.3. The van der Waals surface area contributed by atoms with Crippen molar-refractivity contribution >= 4 is 23.8 Å². The average molecular weight is 443 g/mol. The predicted octanol–water partition coefficient (Wildman–Crippen LogP) is 3.44. The first kappa shape index (κ1) is 25.1. The molecular formula is C22H42N4O3S. The van der Waals surface area contributed by atoms with Gasteiger partial charge in [-0.15, -0.1) is 0 Å². The molecule has 0 aromatic heterocycles. The summed E-state index contributed by atoms with van der Waals surface area (Å²) in [6, 6.07) is 0. The van der Waals surface area contributed by atoms with Crippen LogP contribution in [0.25, 0.3) is 0 Å². The quantitative estimate of drug-likeness (QED) is 0.502. The van der Waals surface area contributed by atoms with Crippen LogP contribution in [-0.2, 0) is 9.47 Å². The summed E-state index contributed by atoms with van der Waals surface area (Å²) in [7, 11) is 1.87. The molecule has 1 N–H and O–H groups in total. The summed E-state index contributed by atoms with van der Waals surface area (Å²) in [6.07, 6.45) is 6.27. The van der Waals surface area contributed by atoms with Gasteiger partial charge in [-0.3, -0.25) is 4.99 Å². The second-order valence-corrected chi connectivity index (χ2v) is 10.6. The Morgan fingerprint density at radius 3 is 2.43 bits per heavy atom. The van der Waals surface area contributed by atoms with Gasteiger partial charge in [-0.25, -0.2) is 4.79 Å². The normalized spacial score (nSPS) is 20.7. The zero-order valence-corrected chi connectivity index (χ0v) is 20.6. The maximum atomic E-state index is 12.4. The first-order chi connectivity index (χ1) is 14.2. The highest BCUT2D eigenvalue weighted by atomic mass is 32.2. The van der Waals surface area contributed by atoms with Crippen molar-refractivity contribution in [2.75, 3.05) is 59.2 Å². The van der Waals surface area contributed by atoms with E-state index in [1.807, 2.05) is 51.4 Å². The van der Waals surface area contributed by atoms with E-state index in [1.165, 1.54) is 0 Å². The highest BCUT2D eigenvalue weighted by molar-refractivity contribution is 8.00. The molecule has 1 amide bonds. The van der Waals surface area contributed by atoms with Crippen LogP contribution >= 0.6 is 11.8 Å². The fourth-order valence-electron chi connectivity index (χ4n) is 4.07. The third-order valence-corrected chi connectivity index (χ3v) is 7.46. The minimum atomic E-state index is -0.454. The van der Waals surface area contributed by atoms with E-state index in [0.29, 0.717) is 12.5 Å². The Labute approximate surface area is 187 Å². The van der Waals surface area contributed by atoms with Gasteiger partial charge in [-0.05, 0) is 65.6 Å². The minimum Gasteiger partial charge on any atom is -0.444 e. The standard InChI is InChI=1S/C22H42N4O3S/c1-7-25(20(27)29-21(2,3)4)16-18-8-12-26(13-9-18)19(23-5)24-17-22(30-6)10-14-28-15-11-22/h18H,7-17H2,1-6H3,(H,23,24). The number of aliphatic imine (C=N–C) groups is 1. The molecule has 0 saturated carbocycles. The Kier molecular flexibility index (Phi) is 9.60. The van der Waals surface area contributed by atoms with Crippen molar-refractivity contribution in [1.82, 2.24) is 15.1 Å². The van der Waals surface area contributed by atoms with Gasteiger partial charge in [-0.2, -0.15) is 11.8 Å². The van der Waals surface area contributed by atoms with E-state index >= 15 is 0 Å². The lowest BCUT2D eigenvalue weighted by Crippen LogP contribution is -2.51. The van der Waals surface area contributed by atoms with E-state index in [1.54, 1.807) is 0 Å². The number of nitrogens with zero attached hydrogens (tertiary/aromatic N) is 3. The fourth-order valence-corrected chi connectivity index (χ4v) is 4.86. The first-order valence-electron chi connectivity index (χ1n) is 11.3. The molecule has 0 bridgehead atoms. The van der Waals surface area contributed by atoms with E-state index in [9.17, 15) is 4.79 Å². The van der Waals surface area contributed by atoms with E-state index < -0.39 is 5.60 Å². The Bertz CT molecular complexity index is 565. The maximum Gasteiger partial charge on any atom is 0.410 e. The molecule has 30 heavy (non-hydrogen) atoms. The molecule has 0 atom stereocenters. The minimum absolute atomic E-state index is 0.205. The fraction of sp³-hybridized carbons (Fsp3) is 0.909. The number of piperidine rings is 1. The van der Waals surface area contributed by atoms with Crippen molar-refractivity contribution in [2.45, 2.75) is 63.7 Å². The van der Waals surface area contributed by atoms with E-state index in [-0.39, 0.29) is 10.8 Å². The van der Waals surface area contributed by atoms with Gasteiger partial charge in [0.2, 0.25) is 0 Å². The number of hydrogen-bond donors (Lipinski definition) is 1. The molecule has 2 aliphatic heterocycles. The lowest BCUT2D eigenvalue weighted by Gasteiger charge is -2.39. The van der Waals surface area contributed by atoms with Crippen LogP contribution in [0.3, 0.4) is 0 Å². The number of carbonyl (C=O) groups is 1. The number of thioether (sulfide) groups is 1. The second-order valence-electron chi connectivity index (χ2n) is 9.35. The van der Waals surface area contributed by atoms with Gasteiger partial charge < -0.3 is 24.6 Å². The summed E-state index contributed by atoms with van der Waals surface area (Å²) in [5.74, 6) is 1.49. The number of rotatable bonds is 6. The molecule has 0 aliphatic carbocycles. The number of nitrogens with one attached hydrogen (secondary N) is 1. The molecule has 8 heteroatoms. The number of ether oxygens (including phenoxy) is 2. The van der Waals surface area contributed by atoms with E-state index in [4.69, 9.17) is 9.47 Å². The summed E-state index contributed by atoms with van der Waals surface area (Å²) in [4.78, 5) is 21.2. The zero-order chi connectivity index (χ0) is 22.2. The molecular weight excluding hydrogens is 400 g/mol. The topological polar surface area (TPSA) is 66.4 Å². The number of likely N-dealkylation sites (tertiary alicyclic amines) is 1. The van der Waals surface area contributed by atoms with Crippen LogP contribution in [0.4, 0.5) is 4.79 Å². The molecule has 0 aromatic carbocycles. The van der Waals surface area contributed by atoms with Gasteiger partial charge in [0.1, 0.15) is 5.60 Å². The molecule has 2 aliphatic rings. The number of guanidine groups is 1. The van der Waals surface area contributed by atoms with Crippen LogP contribution < -0.4 is 5.32 Å². The van der Waals surface area contributed by atoms with Crippen molar-refractivity contribution in [1.29, 1.82) is 0 Å². The van der Waals surface area contributed by atoms with Crippen molar-refractivity contribution in [3.8, 4) is 0 Å². The van der Waals surface area contributed by atoms with Crippen LogP contribution in [0.1, 0.15) is 53.4 Å². The Morgan fingerprint density at radius 1 is 1.30 bits per heavy atom. The molecule has 174 valence electrons. The third-order valence-electron chi connectivity index (χ3n) is 6.04. The number of amides is 1. The van der Waals surface area contributed by atoms with Gasteiger partial charge >= 0.3 is 6.09 Å². The van der Waals surface area contributed by atoms with Crippen molar-refractivity contribution in [3.05, 3.63) is 0 Å². The Hall–Kier alpha value is -1.15. The van der Waals surface area contributed by atoms with Gasteiger partial charge in [-0.1, -0.05) is 0 Å². The summed E-state index contributed by atoms with van der Waals surface area (Å²) in [5, 5.41) is 3.63. The number of hydrogen-bond acceptors (Lipinski definition) is 5. The third kappa shape index (κ3) is 7.52. The maximum absolute atomic E-state index is 12.4. The van der Waals surface area contributed by atoms with Crippen LogP contribution in [0.2, 0.25) is 0 Å². The zero-order valence-electron chi connectivity index (χ0n) is 19.8. The molecule has 0 spiro atoms. The monoisotopic (exact) mass is 442 g/mol. The van der Waals surface area contributed by atoms with E-state index in [2.05, 4.69) is 21.5 Å². The Balaban J connectivity index is 1.82. The molecule has 2 heterocycles. The molecule has 0 radical (unpaired) electrons. The lowest BCUT2D eigenvalue weighted by atomic mass is 9.96. The van der Waals surface area contributed by atoms with Crippen LogP contribution in [-0.4, -0.2) is 91.4 Å². The van der Waals surface area contributed by atoms with E-state index in [0.717, 1.165) is 71.0 Å². The van der Waals surface area contributed by atoms with Crippen molar-refractivity contribution in [2.24, 2.45) is 10.9 Å². The molecule has 0 unspecified atom stereocenters. The van der Waals surface area contributed by atoms with Gasteiger partial charge in [0.25, 0.3) is 0 Å². The highest BCUT2D eigenvalue weighted by Crippen LogP contribution is 2.33. The lowest BCUT2D eigenvalue weighted by molar-refractivity contribution is 0.0214. The highest BCUT2D eigenvalue weighted by Gasteiger charge is 2.33. The molecule has 2 rings (SSSR count). The van der Waals surface area contributed by atoms with Gasteiger partial charge in [0.05, 0.1) is 0 Å². The largest absolute Gasteiger partial charge is 0.444 e. The smallest absolute Gasteiger partial charge is 0.410 e. The van der Waals surface area contributed by atoms with Crippen molar-refractivity contribution in [3.63, 3.8) is 0 Å². The molecule has 0 aromatic rings.